The Hall–Kier alpha value is -0.460. The molecule has 0 aromatic heterocycles. The standard InChI is InChI=1S/C27H52O5/c1-20(2)11-8-13-22(4)15-10-17-23(5)16-9-14-21(3)12-6-7-18-31-27-26(30)25(29)24(28)19-32-27/h12,20,22-30H,6-11,13-19H2,1-5H3/b21-12+. The highest BCUT2D eigenvalue weighted by Crippen LogP contribution is 2.22. The topological polar surface area (TPSA) is 79.2 Å². The van der Waals surface area contributed by atoms with E-state index in [-0.39, 0.29) is 6.61 Å². The summed E-state index contributed by atoms with van der Waals surface area (Å²) in [6.07, 6.45) is 11.7. The number of aliphatic hydroxyl groups is 3. The van der Waals surface area contributed by atoms with Gasteiger partial charge >= 0.3 is 0 Å². The fraction of sp³-hybridized carbons (Fsp3) is 0.926. The number of allylic oxidation sites excluding steroid dienone is 2. The second-order valence-corrected chi connectivity index (χ2v) is 10.7. The highest BCUT2D eigenvalue weighted by atomic mass is 16.7. The molecule has 0 aliphatic carbocycles. The minimum Gasteiger partial charge on any atom is -0.388 e. The lowest BCUT2D eigenvalue weighted by molar-refractivity contribution is -0.269. The summed E-state index contributed by atoms with van der Waals surface area (Å²) in [6.45, 7) is 12.1. The second kappa shape index (κ2) is 17.0. The van der Waals surface area contributed by atoms with Gasteiger partial charge in [0.05, 0.1) is 13.2 Å². The molecule has 1 aliphatic rings. The van der Waals surface area contributed by atoms with Crippen molar-refractivity contribution >= 4 is 0 Å². The van der Waals surface area contributed by atoms with E-state index in [0.29, 0.717) is 6.61 Å². The first-order valence-electron chi connectivity index (χ1n) is 13.1. The van der Waals surface area contributed by atoms with Crippen molar-refractivity contribution in [2.75, 3.05) is 13.2 Å². The van der Waals surface area contributed by atoms with Gasteiger partial charge in [-0.3, -0.25) is 0 Å². The van der Waals surface area contributed by atoms with Gasteiger partial charge in [0, 0.05) is 0 Å². The van der Waals surface area contributed by atoms with Crippen molar-refractivity contribution < 1.29 is 24.8 Å². The van der Waals surface area contributed by atoms with Gasteiger partial charge in [-0.1, -0.05) is 84.3 Å². The number of rotatable bonds is 17. The lowest BCUT2D eigenvalue weighted by Crippen LogP contribution is -2.53. The Morgan fingerprint density at radius 1 is 0.875 bits per heavy atom. The molecule has 1 fully saturated rings. The van der Waals surface area contributed by atoms with E-state index in [0.717, 1.165) is 37.0 Å². The van der Waals surface area contributed by atoms with E-state index in [1.54, 1.807) is 0 Å². The van der Waals surface area contributed by atoms with Crippen molar-refractivity contribution in [3.63, 3.8) is 0 Å². The first-order chi connectivity index (χ1) is 15.2. The molecule has 5 nitrogen and oxygen atoms in total. The fourth-order valence-corrected chi connectivity index (χ4v) is 4.37. The smallest absolute Gasteiger partial charge is 0.186 e. The van der Waals surface area contributed by atoms with E-state index in [4.69, 9.17) is 9.47 Å². The third-order valence-corrected chi connectivity index (χ3v) is 6.72. The fourth-order valence-electron chi connectivity index (χ4n) is 4.37. The molecular weight excluding hydrogens is 404 g/mol. The van der Waals surface area contributed by atoms with Crippen LogP contribution >= 0.6 is 0 Å². The van der Waals surface area contributed by atoms with Crippen LogP contribution in [0.15, 0.2) is 11.6 Å². The van der Waals surface area contributed by atoms with Gasteiger partial charge in [0.2, 0.25) is 0 Å². The summed E-state index contributed by atoms with van der Waals surface area (Å²) in [5.74, 6) is 2.53. The molecule has 1 rings (SSSR count). The number of hydrogen-bond donors (Lipinski definition) is 3. The summed E-state index contributed by atoms with van der Waals surface area (Å²) >= 11 is 0. The van der Waals surface area contributed by atoms with Crippen molar-refractivity contribution in [1.29, 1.82) is 0 Å². The van der Waals surface area contributed by atoms with Crippen LogP contribution in [-0.4, -0.2) is 53.1 Å². The largest absolute Gasteiger partial charge is 0.388 e. The number of ether oxygens (including phenoxy) is 2. The Morgan fingerprint density at radius 2 is 1.47 bits per heavy atom. The predicted molar refractivity (Wildman–Crippen MR) is 131 cm³/mol. The average Bonchev–Trinajstić information content (AvgIpc) is 2.73. The molecule has 6 atom stereocenters. The van der Waals surface area contributed by atoms with Gasteiger partial charge in [-0.2, -0.15) is 0 Å². The van der Waals surface area contributed by atoms with E-state index in [1.165, 1.54) is 56.9 Å². The summed E-state index contributed by atoms with van der Waals surface area (Å²) in [4.78, 5) is 0. The lowest BCUT2D eigenvalue weighted by atomic mass is 9.91. The zero-order chi connectivity index (χ0) is 23.9. The number of aliphatic hydroxyl groups excluding tert-OH is 3. The van der Waals surface area contributed by atoms with Crippen LogP contribution in [0.2, 0.25) is 0 Å². The molecule has 5 heteroatoms. The molecule has 32 heavy (non-hydrogen) atoms. The van der Waals surface area contributed by atoms with E-state index < -0.39 is 24.6 Å². The quantitative estimate of drug-likeness (QED) is 0.196. The second-order valence-electron chi connectivity index (χ2n) is 10.7. The molecule has 0 saturated carbocycles. The summed E-state index contributed by atoms with van der Waals surface area (Å²) in [5.41, 5.74) is 1.43. The maximum Gasteiger partial charge on any atom is 0.186 e. The molecule has 1 aliphatic heterocycles. The molecule has 0 aromatic rings. The summed E-state index contributed by atoms with van der Waals surface area (Å²) < 4.78 is 10.8. The Morgan fingerprint density at radius 3 is 2.09 bits per heavy atom. The summed E-state index contributed by atoms with van der Waals surface area (Å²) in [5, 5.41) is 29.0. The maximum absolute atomic E-state index is 9.86. The number of unbranched alkanes of at least 4 members (excludes halogenated alkanes) is 1. The zero-order valence-electron chi connectivity index (χ0n) is 21.5. The third-order valence-electron chi connectivity index (χ3n) is 6.72. The van der Waals surface area contributed by atoms with Gasteiger partial charge in [-0.05, 0) is 50.4 Å². The minimum atomic E-state index is -1.21. The van der Waals surface area contributed by atoms with Crippen molar-refractivity contribution in [3.8, 4) is 0 Å². The summed E-state index contributed by atoms with van der Waals surface area (Å²) in [6, 6.07) is 0. The molecule has 1 saturated heterocycles. The van der Waals surface area contributed by atoms with Crippen molar-refractivity contribution in [2.24, 2.45) is 17.8 Å². The van der Waals surface area contributed by atoms with Crippen LogP contribution in [0.3, 0.4) is 0 Å². The van der Waals surface area contributed by atoms with Gasteiger partial charge < -0.3 is 24.8 Å². The molecule has 0 spiro atoms. The molecular formula is C27H52O5. The first kappa shape index (κ1) is 29.6. The first-order valence-corrected chi connectivity index (χ1v) is 13.1. The Bertz CT molecular complexity index is 492. The molecule has 0 aromatic carbocycles. The van der Waals surface area contributed by atoms with Gasteiger partial charge in [-0.15, -0.1) is 0 Å². The third kappa shape index (κ3) is 13.3. The molecule has 0 bridgehead atoms. The minimum absolute atomic E-state index is 0.0162. The molecule has 0 radical (unpaired) electrons. The van der Waals surface area contributed by atoms with E-state index >= 15 is 0 Å². The van der Waals surface area contributed by atoms with Crippen LogP contribution < -0.4 is 0 Å². The molecule has 0 amide bonds. The Labute approximate surface area is 197 Å². The lowest BCUT2D eigenvalue weighted by Gasteiger charge is -2.34. The molecule has 6 unspecified atom stereocenters. The normalized spacial score (nSPS) is 26.5. The molecule has 190 valence electrons. The average molecular weight is 457 g/mol. The SMILES string of the molecule is C/C(=C\CCCOC1OCC(O)C(O)C1O)CCCC(C)CCCC(C)CCCC(C)C. The Kier molecular flexibility index (Phi) is 15.8. The van der Waals surface area contributed by atoms with Gasteiger partial charge in [-0.25, -0.2) is 0 Å². The van der Waals surface area contributed by atoms with E-state index in [2.05, 4.69) is 40.7 Å². The van der Waals surface area contributed by atoms with Gasteiger partial charge in [0.15, 0.2) is 6.29 Å². The van der Waals surface area contributed by atoms with Crippen LogP contribution in [0.4, 0.5) is 0 Å². The van der Waals surface area contributed by atoms with Crippen LogP contribution in [0, 0.1) is 17.8 Å². The predicted octanol–water partition coefficient (Wildman–Crippen LogP) is 5.61. The Balaban J connectivity index is 2.03. The zero-order valence-corrected chi connectivity index (χ0v) is 21.5. The monoisotopic (exact) mass is 456 g/mol. The van der Waals surface area contributed by atoms with Crippen molar-refractivity contribution in [2.45, 2.75) is 130 Å². The van der Waals surface area contributed by atoms with E-state index in [9.17, 15) is 15.3 Å². The van der Waals surface area contributed by atoms with Gasteiger partial charge in [0.25, 0.3) is 0 Å². The van der Waals surface area contributed by atoms with Crippen molar-refractivity contribution in [1.82, 2.24) is 0 Å². The summed E-state index contributed by atoms with van der Waals surface area (Å²) in [7, 11) is 0. The maximum atomic E-state index is 9.86. The van der Waals surface area contributed by atoms with Gasteiger partial charge in [0.1, 0.15) is 18.3 Å². The van der Waals surface area contributed by atoms with Crippen LogP contribution in [0.5, 0.6) is 0 Å². The van der Waals surface area contributed by atoms with Crippen LogP contribution in [0.25, 0.3) is 0 Å². The highest BCUT2D eigenvalue weighted by Gasteiger charge is 2.37. The van der Waals surface area contributed by atoms with E-state index in [1.807, 2.05) is 0 Å². The van der Waals surface area contributed by atoms with Crippen LogP contribution in [-0.2, 0) is 9.47 Å². The number of hydrogen-bond acceptors (Lipinski definition) is 5. The molecule has 1 heterocycles. The highest BCUT2D eigenvalue weighted by molar-refractivity contribution is 4.97. The van der Waals surface area contributed by atoms with Crippen LogP contribution in [0.1, 0.15) is 105 Å². The molecule has 3 N–H and O–H groups in total. The van der Waals surface area contributed by atoms with Crippen molar-refractivity contribution in [3.05, 3.63) is 11.6 Å².